The number of nitrogens with zero attached hydrogens (tertiary/aromatic N) is 1. The summed E-state index contributed by atoms with van der Waals surface area (Å²) in [7, 11) is 1.54. The molecule has 0 fully saturated rings. The van der Waals surface area contributed by atoms with E-state index < -0.39 is 10.9 Å². The van der Waals surface area contributed by atoms with Crippen LogP contribution in [0.4, 0.5) is 5.69 Å². The molecule has 0 unspecified atom stereocenters. The van der Waals surface area contributed by atoms with E-state index >= 15 is 0 Å². The van der Waals surface area contributed by atoms with Crippen LogP contribution in [-0.2, 0) is 11.4 Å². The topological polar surface area (TPSA) is 87.9 Å². The van der Waals surface area contributed by atoms with Crippen molar-refractivity contribution in [1.82, 2.24) is 0 Å². The molecule has 7 nitrogen and oxygen atoms in total. The van der Waals surface area contributed by atoms with Crippen molar-refractivity contribution in [1.29, 1.82) is 0 Å². The van der Waals surface area contributed by atoms with E-state index in [0.717, 1.165) is 11.1 Å². The molecule has 0 saturated heterocycles. The molecule has 0 N–H and O–H groups in total. The third-order valence-electron chi connectivity index (χ3n) is 4.40. The van der Waals surface area contributed by atoms with E-state index in [0.29, 0.717) is 28.1 Å². The zero-order valence-electron chi connectivity index (χ0n) is 17.4. The first-order valence-corrected chi connectivity index (χ1v) is 10.3. The van der Waals surface area contributed by atoms with Crippen LogP contribution in [0.1, 0.15) is 16.7 Å². The van der Waals surface area contributed by atoms with E-state index in [1.54, 1.807) is 18.2 Å². The second-order valence-corrected chi connectivity index (χ2v) is 7.67. The van der Waals surface area contributed by atoms with Crippen molar-refractivity contribution in [2.24, 2.45) is 0 Å². The molecule has 8 heteroatoms. The molecule has 0 atom stereocenters. The predicted molar refractivity (Wildman–Crippen MR) is 124 cm³/mol. The third kappa shape index (κ3) is 6.18. The molecule has 0 aromatic heterocycles. The Balaban J connectivity index is 1.68. The van der Waals surface area contributed by atoms with Gasteiger partial charge >= 0.3 is 5.97 Å². The summed E-state index contributed by atoms with van der Waals surface area (Å²) in [5.74, 6) is 0.660. The van der Waals surface area contributed by atoms with Gasteiger partial charge in [0.2, 0.25) is 0 Å². The standard InChI is InChI=1S/C24H20BrNO6/c1-16-4-3-5-18(12-16)15-31-24-21(25)13-17(14-22(24)30-2)6-11-23(27)32-20-9-7-19(8-10-20)26(28)29/h3-14H,15H2,1-2H3/b11-6+. The van der Waals surface area contributed by atoms with Crippen LogP contribution in [0.2, 0.25) is 0 Å². The van der Waals surface area contributed by atoms with Gasteiger partial charge in [0.1, 0.15) is 12.4 Å². The number of benzene rings is 3. The number of esters is 1. The van der Waals surface area contributed by atoms with E-state index in [2.05, 4.69) is 15.9 Å². The summed E-state index contributed by atoms with van der Waals surface area (Å²) in [6, 6.07) is 16.8. The van der Waals surface area contributed by atoms with Gasteiger partial charge in [-0.1, -0.05) is 29.8 Å². The summed E-state index contributed by atoms with van der Waals surface area (Å²) in [4.78, 5) is 22.3. The van der Waals surface area contributed by atoms with E-state index in [-0.39, 0.29) is 11.4 Å². The maximum atomic E-state index is 12.1. The summed E-state index contributed by atoms with van der Waals surface area (Å²) in [6.07, 6.45) is 2.83. The van der Waals surface area contributed by atoms with Crippen molar-refractivity contribution in [2.75, 3.05) is 7.11 Å². The van der Waals surface area contributed by atoms with Gasteiger partial charge in [-0.2, -0.15) is 0 Å². The van der Waals surface area contributed by atoms with Crippen LogP contribution in [0.5, 0.6) is 17.2 Å². The number of rotatable bonds is 8. The Kier molecular flexibility index (Phi) is 7.62. The van der Waals surface area contributed by atoms with Crippen LogP contribution in [0, 0.1) is 17.0 Å². The minimum Gasteiger partial charge on any atom is -0.493 e. The molecule has 3 aromatic carbocycles. The fourth-order valence-electron chi connectivity index (χ4n) is 2.88. The molecule has 0 amide bonds. The summed E-state index contributed by atoms with van der Waals surface area (Å²) in [5.41, 5.74) is 2.80. The molecule has 0 bridgehead atoms. The Bertz CT molecular complexity index is 1160. The van der Waals surface area contributed by atoms with Crippen LogP contribution in [-0.4, -0.2) is 18.0 Å². The van der Waals surface area contributed by atoms with Crippen LogP contribution < -0.4 is 14.2 Å². The van der Waals surface area contributed by atoms with Crippen molar-refractivity contribution >= 4 is 33.7 Å². The molecule has 0 radical (unpaired) electrons. The first kappa shape index (κ1) is 23.0. The second-order valence-electron chi connectivity index (χ2n) is 6.82. The van der Waals surface area contributed by atoms with Gasteiger partial charge in [0.15, 0.2) is 11.5 Å². The van der Waals surface area contributed by atoms with Crippen LogP contribution in [0.25, 0.3) is 6.08 Å². The molecule has 0 aliphatic rings. The Hall–Kier alpha value is -3.65. The highest BCUT2D eigenvalue weighted by Gasteiger charge is 2.12. The largest absolute Gasteiger partial charge is 0.493 e. The molecule has 32 heavy (non-hydrogen) atoms. The fourth-order valence-corrected chi connectivity index (χ4v) is 3.46. The SMILES string of the molecule is COc1cc(/C=C/C(=O)Oc2ccc([N+](=O)[O-])cc2)cc(Br)c1OCc1cccc(C)c1. The number of halogens is 1. The number of hydrogen-bond acceptors (Lipinski definition) is 6. The lowest BCUT2D eigenvalue weighted by molar-refractivity contribution is -0.384. The Morgan fingerprint density at radius 2 is 1.88 bits per heavy atom. The smallest absolute Gasteiger partial charge is 0.336 e. The Morgan fingerprint density at radius 3 is 2.53 bits per heavy atom. The quantitative estimate of drug-likeness (QED) is 0.127. The molecule has 3 rings (SSSR count). The number of carbonyl (C=O) groups is 1. The third-order valence-corrected chi connectivity index (χ3v) is 4.98. The highest BCUT2D eigenvalue weighted by atomic mass is 79.9. The number of hydrogen-bond donors (Lipinski definition) is 0. The van der Waals surface area contributed by atoms with E-state index in [9.17, 15) is 14.9 Å². The highest BCUT2D eigenvalue weighted by Crippen LogP contribution is 2.37. The van der Waals surface area contributed by atoms with Crippen molar-refractivity contribution in [3.05, 3.63) is 98.0 Å². The number of non-ortho nitro benzene ring substituents is 1. The molecule has 0 heterocycles. The lowest BCUT2D eigenvalue weighted by Crippen LogP contribution is -2.03. The first-order chi connectivity index (χ1) is 15.4. The first-order valence-electron chi connectivity index (χ1n) is 9.56. The predicted octanol–water partition coefficient (Wildman–Crippen LogP) is 5.87. The zero-order valence-corrected chi connectivity index (χ0v) is 19.0. The Labute approximate surface area is 193 Å². The molecule has 3 aromatic rings. The van der Waals surface area contributed by atoms with Gasteiger partial charge in [-0.25, -0.2) is 4.79 Å². The number of nitro groups is 1. The summed E-state index contributed by atoms with van der Waals surface area (Å²) in [6.45, 7) is 2.40. The maximum absolute atomic E-state index is 12.1. The van der Waals surface area contributed by atoms with Gasteiger partial charge in [0.25, 0.3) is 5.69 Å². The normalized spacial score (nSPS) is 10.7. The molecule has 0 aliphatic heterocycles. The van der Waals surface area contributed by atoms with Gasteiger partial charge in [0, 0.05) is 18.2 Å². The van der Waals surface area contributed by atoms with Gasteiger partial charge in [-0.05, 0) is 64.3 Å². The monoisotopic (exact) mass is 497 g/mol. The number of ether oxygens (including phenoxy) is 3. The molecule has 164 valence electrons. The van der Waals surface area contributed by atoms with E-state index in [1.165, 1.54) is 37.5 Å². The van der Waals surface area contributed by atoms with Crippen molar-refractivity contribution in [3.8, 4) is 17.2 Å². The van der Waals surface area contributed by atoms with Crippen LogP contribution in [0.15, 0.2) is 71.2 Å². The average molecular weight is 498 g/mol. The molecular weight excluding hydrogens is 478 g/mol. The van der Waals surface area contributed by atoms with Gasteiger partial charge in [-0.15, -0.1) is 0 Å². The summed E-state index contributed by atoms with van der Waals surface area (Å²) in [5, 5.41) is 10.7. The lowest BCUT2D eigenvalue weighted by atomic mass is 10.1. The average Bonchev–Trinajstić information content (AvgIpc) is 2.77. The van der Waals surface area contributed by atoms with Gasteiger partial charge in [-0.3, -0.25) is 10.1 Å². The van der Waals surface area contributed by atoms with Crippen LogP contribution >= 0.6 is 15.9 Å². The van der Waals surface area contributed by atoms with Gasteiger partial charge in [0.05, 0.1) is 16.5 Å². The van der Waals surface area contributed by atoms with Crippen LogP contribution in [0.3, 0.4) is 0 Å². The molecule has 0 aliphatic carbocycles. The summed E-state index contributed by atoms with van der Waals surface area (Å²) < 4.78 is 17.2. The molecule has 0 saturated carbocycles. The van der Waals surface area contributed by atoms with E-state index in [1.807, 2.05) is 31.2 Å². The van der Waals surface area contributed by atoms with Crippen molar-refractivity contribution in [3.63, 3.8) is 0 Å². The Morgan fingerprint density at radius 1 is 1.12 bits per heavy atom. The minimum absolute atomic E-state index is 0.0815. The van der Waals surface area contributed by atoms with E-state index in [4.69, 9.17) is 14.2 Å². The molecular formula is C24H20BrNO6. The highest BCUT2D eigenvalue weighted by molar-refractivity contribution is 9.10. The van der Waals surface area contributed by atoms with Gasteiger partial charge < -0.3 is 14.2 Å². The summed E-state index contributed by atoms with van der Waals surface area (Å²) >= 11 is 3.50. The number of nitro benzene ring substituents is 1. The minimum atomic E-state index is -0.617. The van der Waals surface area contributed by atoms with Crippen molar-refractivity contribution in [2.45, 2.75) is 13.5 Å². The number of carbonyl (C=O) groups excluding carboxylic acids is 1. The van der Waals surface area contributed by atoms with Crippen molar-refractivity contribution < 1.29 is 23.9 Å². The number of methoxy groups -OCH3 is 1. The molecule has 0 spiro atoms. The second kappa shape index (κ2) is 10.6. The fraction of sp³-hybridized carbons (Fsp3) is 0.125. The number of aryl methyl sites for hydroxylation is 1. The lowest BCUT2D eigenvalue weighted by Gasteiger charge is -2.14. The zero-order chi connectivity index (χ0) is 23.1. The maximum Gasteiger partial charge on any atom is 0.336 e.